The molecule has 7 heteroatoms. The molecule has 4 rings (SSSR count). The van der Waals surface area contributed by atoms with Crippen molar-refractivity contribution in [2.45, 2.75) is 6.54 Å². The van der Waals surface area contributed by atoms with E-state index in [4.69, 9.17) is 0 Å². The van der Waals surface area contributed by atoms with Gasteiger partial charge in [0.15, 0.2) is 5.65 Å². The number of carbonyl (C=O) groups is 1. The first-order valence-electron chi connectivity index (χ1n) is 8.39. The molecule has 1 amide bonds. The van der Waals surface area contributed by atoms with E-state index in [2.05, 4.69) is 20.4 Å². The van der Waals surface area contributed by atoms with Gasteiger partial charge in [0, 0.05) is 18.8 Å². The Morgan fingerprint density at radius 1 is 1.19 bits per heavy atom. The van der Waals surface area contributed by atoms with Gasteiger partial charge in [0.05, 0.1) is 35.1 Å². The lowest BCUT2D eigenvalue weighted by Gasteiger charge is -2.09. The molecule has 0 radical (unpaired) electrons. The zero-order valence-corrected chi connectivity index (χ0v) is 14.6. The fraction of sp³-hybridized carbons (Fsp3) is 0.100. The standard InChI is InChI=1S/C20H16FN5O/c1-26-19-16(12-24-26)15(20(27)23-11-13-6-4-5-9-22-13)10-18(25-19)14-7-2-3-8-17(14)21/h2-10,12H,11H2,1H3,(H,23,27). The maximum atomic E-state index is 14.2. The van der Waals surface area contributed by atoms with E-state index in [1.807, 2.05) is 18.2 Å². The van der Waals surface area contributed by atoms with Gasteiger partial charge in [-0.05, 0) is 30.3 Å². The van der Waals surface area contributed by atoms with Crippen molar-refractivity contribution in [1.82, 2.24) is 25.1 Å². The highest BCUT2D eigenvalue weighted by Gasteiger charge is 2.18. The molecule has 134 valence electrons. The van der Waals surface area contributed by atoms with Crippen LogP contribution in [0, 0.1) is 5.82 Å². The van der Waals surface area contributed by atoms with Gasteiger partial charge in [0.1, 0.15) is 5.82 Å². The highest BCUT2D eigenvalue weighted by atomic mass is 19.1. The van der Waals surface area contributed by atoms with Crippen LogP contribution >= 0.6 is 0 Å². The highest BCUT2D eigenvalue weighted by molar-refractivity contribution is 6.06. The van der Waals surface area contributed by atoms with Crippen LogP contribution in [0.4, 0.5) is 4.39 Å². The molecule has 0 atom stereocenters. The summed E-state index contributed by atoms with van der Waals surface area (Å²) in [5.41, 5.74) is 2.37. The van der Waals surface area contributed by atoms with E-state index < -0.39 is 5.82 Å². The van der Waals surface area contributed by atoms with E-state index in [0.717, 1.165) is 5.69 Å². The molecule has 6 nitrogen and oxygen atoms in total. The molecule has 0 aliphatic carbocycles. The largest absolute Gasteiger partial charge is 0.346 e. The second kappa shape index (κ2) is 6.95. The quantitative estimate of drug-likeness (QED) is 0.606. The van der Waals surface area contributed by atoms with Crippen molar-refractivity contribution in [3.63, 3.8) is 0 Å². The Balaban J connectivity index is 1.75. The van der Waals surface area contributed by atoms with Crippen molar-refractivity contribution in [1.29, 1.82) is 0 Å². The Bertz CT molecular complexity index is 1120. The normalized spacial score (nSPS) is 10.9. The summed E-state index contributed by atoms with van der Waals surface area (Å²) in [4.78, 5) is 21.5. The number of pyridine rings is 2. The predicted octanol–water partition coefficient (Wildman–Crippen LogP) is 3.10. The zero-order chi connectivity index (χ0) is 18.8. The lowest BCUT2D eigenvalue weighted by atomic mass is 10.1. The number of fused-ring (bicyclic) bond motifs is 1. The average Bonchev–Trinajstić information content (AvgIpc) is 3.07. The molecule has 0 saturated carbocycles. The Hall–Kier alpha value is -3.61. The minimum atomic E-state index is -0.397. The average molecular weight is 361 g/mol. The Labute approximate surface area is 154 Å². The van der Waals surface area contributed by atoms with E-state index in [9.17, 15) is 9.18 Å². The SMILES string of the molecule is Cn1ncc2c(C(=O)NCc3ccccn3)cc(-c3ccccc3F)nc21. The molecule has 0 bridgehead atoms. The van der Waals surface area contributed by atoms with Crippen LogP contribution in [0.2, 0.25) is 0 Å². The third kappa shape index (κ3) is 3.27. The third-order valence-electron chi connectivity index (χ3n) is 4.26. The molecule has 3 aromatic heterocycles. The van der Waals surface area contributed by atoms with Crippen molar-refractivity contribution >= 4 is 16.9 Å². The summed E-state index contributed by atoms with van der Waals surface area (Å²) in [5, 5.41) is 7.64. The summed E-state index contributed by atoms with van der Waals surface area (Å²) in [7, 11) is 1.73. The van der Waals surface area contributed by atoms with Crippen molar-refractivity contribution in [2.24, 2.45) is 7.05 Å². The molecule has 27 heavy (non-hydrogen) atoms. The number of hydrogen-bond donors (Lipinski definition) is 1. The molecule has 0 spiro atoms. The predicted molar refractivity (Wildman–Crippen MR) is 99.3 cm³/mol. The number of amides is 1. The molecule has 4 aromatic rings. The van der Waals surface area contributed by atoms with E-state index in [-0.39, 0.29) is 5.91 Å². The maximum Gasteiger partial charge on any atom is 0.252 e. The third-order valence-corrected chi connectivity index (χ3v) is 4.26. The van der Waals surface area contributed by atoms with Gasteiger partial charge in [-0.2, -0.15) is 5.10 Å². The molecule has 0 aliphatic heterocycles. The summed E-state index contributed by atoms with van der Waals surface area (Å²) in [6, 6.07) is 13.4. The van der Waals surface area contributed by atoms with E-state index in [1.54, 1.807) is 48.4 Å². The lowest BCUT2D eigenvalue weighted by molar-refractivity contribution is 0.0952. The van der Waals surface area contributed by atoms with Crippen molar-refractivity contribution in [3.8, 4) is 11.3 Å². The number of aryl methyl sites for hydroxylation is 1. The Kier molecular flexibility index (Phi) is 4.33. The molecule has 0 aliphatic rings. The van der Waals surface area contributed by atoms with Crippen LogP contribution in [0.5, 0.6) is 0 Å². The van der Waals surface area contributed by atoms with Gasteiger partial charge in [-0.25, -0.2) is 9.37 Å². The fourth-order valence-electron chi connectivity index (χ4n) is 2.88. The van der Waals surface area contributed by atoms with Crippen molar-refractivity contribution in [3.05, 3.63) is 78.0 Å². The number of rotatable bonds is 4. The van der Waals surface area contributed by atoms with E-state index in [1.165, 1.54) is 6.07 Å². The van der Waals surface area contributed by atoms with E-state index >= 15 is 0 Å². The van der Waals surface area contributed by atoms with Crippen LogP contribution < -0.4 is 5.32 Å². The smallest absolute Gasteiger partial charge is 0.252 e. The highest BCUT2D eigenvalue weighted by Crippen LogP contribution is 2.26. The van der Waals surface area contributed by atoms with Crippen LogP contribution in [0.3, 0.4) is 0 Å². The molecule has 3 heterocycles. The van der Waals surface area contributed by atoms with Gasteiger partial charge in [-0.15, -0.1) is 0 Å². The number of nitrogens with zero attached hydrogens (tertiary/aromatic N) is 4. The molecule has 0 fully saturated rings. The molecule has 0 saturated heterocycles. The number of carbonyl (C=O) groups excluding carboxylic acids is 1. The fourth-order valence-corrected chi connectivity index (χ4v) is 2.88. The van der Waals surface area contributed by atoms with Crippen LogP contribution in [-0.2, 0) is 13.6 Å². The van der Waals surface area contributed by atoms with Gasteiger partial charge in [-0.1, -0.05) is 18.2 Å². The van der Waals surface area contributed by atoms with E-state index in [0.29, 0.717) is 34.4 Å². The van der Waals surface area contributed by atoms with Crippen LogP contribution in [0.15, 0.2) is 60.9 Å². The van der Waals surface area contributed by atoms with Gasteiger partial charge < -0.3 is 5.32 Å². The van der Waals surface area contributed by atoms with Crippen LogP contribution in [0.25, 0.3) is 22.3 Å². The first kappa shape index (κ1) is 16.8. The number of halogens is 1. The minimum Gasteiger partial charge on any atom is -0.346 e. The van der Waals surface area contributed by atoms with Crippen LogP contribution in [0.1, 0.15) is 16.1 Å². The molecule has 0 unspecified atom stereocenters. The number of aromatic nitrogens is 4. The van der Waals surface area contributed by atoms with Crippen LogP contribution in [-0.4, -0.2) is 25.7 Å². The monoisotopic (exact) mass is 361 g/mol. The second-order valence-corrected chi connectivity index (χ2v) is 6.04. The number of nitrogens with one attached hydrogen (secondary N) is 1. The number of benzene rings is 1. The van der Waals surface area contributed by atoms with Gasteiger partial charge >= 0.3 is 0 Å². The molecular formula is C20H16FN5O. The topological polar surface area (TPSA) is 72.7 Å². The summed E-state index contributed by atoms with van der Waals surface area (Å²) in [5.74, 6) is -0.690. The van der Waals surface area contributed by atoms with Crippen molar-refractivity contribution in [2.75, 3.05) is 0 Å². The molecular weight excluding hydrogens is 345 g/mol. The molecule has 1 aromatic carbocycles. The Morgan fingerprint density at radius 3 is 2.78 bits per heavy atom. The zero-order valence-electron chi connectivity index (χ0n) is 14.6. The summed E-state index contributed by atoms with van der Waals surface area (Å²) in [6.45, 7) is 0.290. The van der Waals surface area contributed by atoms with Gasteiger partial charge in [0.2, 0.25) is 0 Å². The van der Waals surface area contributed by atoms with Gasteiger partial charge in [-0.3, -0.25) is 14.5 Å². The first-order valence-corrected chi connectivity index (χ1v) is 8.39. The second-order valence-electron chi connectivity index (χ2n) is 6.04. The van der Waals surface area contributed by atoms with Crippen molar-refractivity contribution < 1.29 is 9.18 Å². The lowest BCUT2D eigenvalue weighted by Crippen LogP contribution is -2.23. The summed E-state index contributed by atoms with van der Waals surface area (Å²) in [6.07, 6.45) is 3.26. The summed E-state index contributed by atoms with van der Waals surface area (Å²) >= 11 is 0. The molecule has 1 N–H and O–H groups in total. The minimum absolute atomic E-state index is 0.290. The number of hydrogen-bond acceptors (Lipinski definition) is 4. The van der Waals surface area contributed by atoms with Gasteiger partial charge in [0.25, 0.3) is 5.91 Å². The summed E-state index contributed by atoms with van der Waals surface area (Å²) < 4.78 is 15.8. The maximum absolute atomic E-state index is 14.2. The Morgan fingerprint density at radius 2 is 2.00 bits per heavy atom. The first-order chi connectivity index (χ1) is 13.1.